The number of nitrogen functional groups attached to an aromatic ring is 1. The van der Waals surface area contributed by atoms with E-state index >= 15 is 0 Å². The Kier molecular flexibility index (Phi) is 3.61. The van der Waals surface area contributed by atoms with Gasteiger partial charge in [0.15, 0.2) is 0 Å². The Bertz CT molecular complexity index is 671. The lowest BCUT2D eigenvalue weighted by Crippen LogP contribution is -2.02. The summed E-state index contributed by atoms with van der Waals surface area (Å²) in [6, 6.07) is 4.13. The average Bonchev–Trinajstić information content (AvgIpc) is 2.38. The fourth-order valence-electron chi connectivity index (χ4n) is 1.53. The van der Waals surface area contributed by atoms with Crippen molar-refractivity contribution < 1.29 is 14.6 Å². The Hall–Kier alpha value is -3.30. The normalized spacial score (nSPS) is 10.1. The van der Waals surface area contributed by atoms with Gasteiger partial charge < -0.3 is 10.5 Å². The molecule has 0 amide bonds. The van der Waals surface area contributed by atoms with Crippen LogP contribution in [0.15, 0.2) is 24.4 Å². The van der Waals surface area contributed by atoms with Crippen LogP contribution < -0.4 is 10.5 Å². The highest BCUT2D eigenvalue weighted by atomic mass is 16.6. The van der Waals surface area contributed by atoms with Gasteiger partial charge in [-0.1, -0.05) is 6.07 Å². The lowest BCUT2D eigenvalue weighted by atomic mass is 10.2. The van der Waals surface area contributed by atoms with E-state index in [2.05, 4.69) is 9.97 Å². The molecule has 2 N–H and O–H groups in total. The number of aryl methyl sites for hydroxylation is 1. The van der Waals surface area contributed by atoms with Crippen LogP contribution in [-0.2, 0) is 0 Å². The molecule has 0 fully saturated rings. The molecule has 21 heavy (non-hydrogen) atoms. The minimum atomic E-state index is -0.767. The Morgan fingerprint density at radius 2 is 1.86 bits per heavy atom. The zero-order chi connectivity index (χ0) is 15.6. The molecule has 0 unspecified atom stereocenters. The molecule has 0 aliphatic heterocycles. The van der Waals surface area contributed by atoms with Crippen LogP contribution in [0.2, 0.25) is 0 Å². The van der Waals surface area contributed by atoms with Crippen LogP contribution in [0.5, 0.6) is 11.6 Å². The number of benzene rings is 1. The average molecular weight is 291 g/mol. The number of nitrogens with two attached hydrogens (primary N) is 1. The number of nitrogens with zero attached hydrogens (tertiary/aromatic N) is 4. The van der Waals surface area contributed by atoms with Gasteiger partial charge in [0.05, 0.1) is 9.85 Å². The third-order valence-electron chi connectivity index (χ3n) is 2.47. The SMILES string of the molecule is Cc1ccc([N+](=O)[O-])c(Oc2nc(N)ncc2[N+](=O)[O-])c1. The molecule has 0 aliphatic carbocycles. The molecule has 10 heteroatoms. The first kappa shape index (κ1) is 14.1. The monoisotopic (exact) mass is 291 g/mol. The van der Waals surface area contributed by atoms with E-state index in [1.807, 2.05) is 0 Å². The van der Waals surface area contributed by atoms with E-state index in [0.717, 1.165) is 6.20 Å². The zero-order valence-corrected chi connectivity index (χ0v) is 10.7. The predicted octanol–water partition coefficient (Wildman–Crippen LogP) is 1.98. The summed E-state index contributed by atoms with van der Waals surface area (Å²) in [7, 11) is 0. The summed E-state index contributed by atoms with van der Waals surface area (Å²) in [6.07, 6.45) is 0.874. The van der Waals surface area contributed by atoms with Crippen molar-refractivity contribution >= 4 is 17.3 Å². The summed E-state index contributed by atoms with van der Waals surface area (Å²) in [5.74, 6) is -0.867. The van der Waals surface area contributed by atoms with Crippen molar-refractivity contribution in [2.24, 2.45) is 0 Å². The molecular weight excluding hydrogens is 282 g/mol. The fraction of sp³-hybridized carbons (Fsp3) is 0.0909. The topological polar surface area (TPSA) is 147 Å². The highest BCUT2D eigenvalue weighted by Crippen LogP contribution is 2.35. The lowest BCUT2D eigenvalue weighted by molar-refractivity contribution is -0.387. The number of hydrogen-bond acceptors (Lipinski definition) is 8. The fourth-order valence-corrected chi connectivity index (χ4v) is 1.53. The van der Waals surface area contributed by atoms with Crippen LogP contribution in [0, 0.1) is 27.2 Å². The second kappa shape index (κ2) is 5.36. The Morgan fingerprint density at radius 3 is 2.48 bits per heavy atom. The number of nitro benzene ring substituents is 1. The molecular formula is C11H9N5O5. The molecule has 0 spiro atoms. The van der Waals surface area contributed by atoms with Gasteiger partial charge in [0.25, 0.3) is 0 Å². The van der Waals surface area contributed by atoms with E-state index in [0.29, 0.717) is 5.56 Å². The molecule has 0 radical (unpaired) electrons. The maximum Gasteiger partial charge on any atom is 0.349 e. The molecule has 1 aromatic heterocycles. The van der Waals surface area contributed by atoms with E-state index in [9.17, 15) is 20.2 Å². The van der Waals surface area contributed by atoms with Gasteiger partial charge >= 0.3 is 17.3 Å². The molecule has 0 atom stereocenters. The highest BCUT2D eigenvalue weighted by molar-refractivity contribution is 5.52. The highest BCUT2D eigenvalue weighted by Gasteiger charge is 2.23. The van der Waals surface area contributed by atoms with Crippen molar-refractivity contribution in [3.63, 3.8) is 0 Å². The van der Waals surface area contributed by atoms with E-state index in [1.165, 1.54) is 18.2 Å². The van der Waals surface area contributed by atoms with Crippen LogP contribution in [0.3, 0.4) is 0 Å². The van der Waals surface area contributed by atoms with Crippen LogP contribution in [0.25, 0.3) is 0 Å². The number of aromatic nitrogens is 2. The number of ether oxygens (including phenoxy) is 1. The lowest BCUT2D eigenvalue weighted by Gasteiger charge is -2.06. The van der Waals surface area contributed by atoms with E-state index in [1.54, 1.807) is 6.92 Å². The molecule has 1 heterocycles. The number of hydrogen-bond donors (Lipinski definition) is 1. The smallest absolute Gasteiger partial charge is 0.349 e. The maximum atomic E-state index is 10.9. The third kappa shape index (κ3) is 3.00. The molecule has 0 aliphatic rings. The molecule has 2 aromatic rings. The maximum absolute atomic E-state index is 10.9. The van der Waals surface area contributed by atoms with Crippen LogP contribution in [-0.4, -0.2) is 19.8 Å². The quantitative estimate of drug-likeness (QED) is 0.663. The Morgan fingerprint density at radius 1 is 1.19 bits per heavy atom. The summed E-state index contributed by atoms with van der Waals surface area (Å²) >= 11 is 0. The van der Waals surface area contributed by atoms with Gasteiger partial charge in [0, 0.05) is 6.07 Å². The van der Waals surface area contributed by atoms with E-state index in [-0.39, 0.29) is 17.4 Å². The summed E-state index contributed by atoms with van der Waals surface area (Å²) < 4.78 is 5.21. The largest absolute Gasteiger partial charge is 0.426 e. The van der Waals surface area contributed by atoms with Gasteiger partial charge in [-0.3, -0.25) is 20.2 Å². The van der Waals surface area contributed by atoms with Crippen molar-refractivity contribution in [1.82, 2.24) is 9.97 Å². The number of nitro groups is 2. The Balaban J connectivity index is 2.52. The van der Waals surface area contributed by atoms with Gasteiger partial charge in [0.2, 0.25) is 11.7 Å². The minimum absolute atomic E-state index is 0.166. The summed E-state index contributed by atoms with van der Waals surface area (Å²) in [4.78, 5) is 27.5. The van der Waals surface area contributed by atoms with Gasteiger partial charge in [0.1, 0.15) is 6.20 Å². The van der Waals surface area contributed by atoms with Crippen LogP contribution in [0.1, 0.15) is 5.56 Å². The molecule has 0 saturated carbocycles. The second-order valence-corrected chi connectivity index (χ2v) is 4.01. The van der Waals surface area contributed by atoms with Crippen molar-refractivity contribution in [2.75, 3.05) is 5.73 Å². The standard InChI is InChI=1S/C11H9N5O5/c1-6-2-3-7(15(17)18)9(4-6)21-10-8(16(19)20)5-13-11(12)14-10/h2-5H,1H3,(H2,12,13,14). The molecule has 0 saturated heterocycles. The minimum Gasteiger partial charge on any atom is -0.426 e. The summed E-state index contributed by atoms with van der Waals surface area (Å²) in [5, 5.41) is 21.8. The van der Waals surface area contributed by atoms with Crippen molar-refractivity contribution in [3.8, 4) is 11.6 Å². The van der Waals surface area contributed by atoms with E-state index in [4.69, 9.17) is 10.5 Å². The van der Waals surface area contributed by atoms with Crippen molar-refractivity contribution in [2.45, 2.75) is 6.92 Å². The molecule has 0 bridgehead atoms. The third-order valence-corrected chi connectivity index (χ3v) is 2.47. The van der Waals surface area contributed by atoms with Gasteiger partial charge in [-0.05, 0) is 18.6 Å². The first-order chi connectivity index (χ1) is 9.88. The second-order valence-electron chi connectivity index (χ2n) is 4.01. The number of anilines is 1. The van der Waals surface area contributed by atoms with Gasteiger partial charge in [-0.25, -0.2) is 4.98 Å². The zero-order valence-electron chi connectivity index (χ0n) is 10.7. The van der Waals surface area contributed by atoms with Gasteiger partial charge in [-0.15, -0.1) is 0 Å². The van der Waals surface area contributed by atoms with Gasteiger partial charge in [-0.2, -0.15) is 4.98 Å². The Labute approximate surface area is 117 Å². The molecule has 1 aromatic carbocycles. The molecule has 108 valence electrons. The molecule has 2 rings (SSSR count). The number of rotatable bonds is 4. The van der Waals surface area contributed by atoms with E-state index < -0.39 is 21.4 Å². The first-order valence-electron chi connectivity index (χ1n) is 5.58. The molecule has 10 nitrogen and oxygen atoms in total. The van der Waals surface area contributed by atoms with Crippen molar-refractivity contribution in [3.05, 3.63) is 50.2 Å². The predicted molar refractivity (Wildman–Crippen MR) is 71.0 cm³/mol. The first-order valence-corrected chi connectivity index (χ1v) is 5.58. The van der Waals surface area contributed by atoms with Crippen LogP contribution >= 0.6 is 0 Å². The summed E-state index contributed by atoms with van der Waals surface area (Å²) in [5.41, 5.74) is 5.15. The summed E-state index contributed by atoms with van der Waals surface area (Å²) in [6.45, 7) is 1.69. The van der Waals surface area contributed by atoms with Crippen LogP contribution in [0.4, 0.5) is 17.3 Å². The van der Waals surface area contributed by atoms with Crippen molar-refractivity contribution in [1.29, 1.82) is 0 Å².